The zero-order valence-corrected chi connectivity index (χ0v) is 17.4. The summed E-state index contributed by atoms with van der Waals surface area (Å²) in [5, 5.41) is 7.52. The average Bonchev–Trinajstić information content (AvgIpc) is 3.41. The SMILES string of the molecule is Cn1ccnc1[C@H](NC(=O)CCc1nc(-c2ccc(F)cc2)no1)c1ccc(Cl)cc1. The number of nitrogens with zero attached hydrogens (tertiary/aromatic N) is 4. The lowest BCUT2D eigenvalue weighted by atomic mass is 10.1. The van der Waals surface area contributed by atoms with Crippen LogP contribution in [0.2, 0.25) is 5.02 Å². The molecular weight excluding hydrogens is 421 g/mol. The van der Waals surface area contributed by atoms with Gasteiger partial charge in [0.25, 0.3) is 0 Å². The Hall–Kier alpha value is -3.52. The molecule has 0 fully saturated rings. The second-order valence-electron chi connectivity index (χ2n) is 6.97. The highest BCUT2D eigenvalue weighted by atomic mass is 35.5. The first-order valence-corrected chi connectivity index (χ1v) is 9.98. The van der Waals surface area contributed by atoms with Gasteiger partial charge >= 0.3 is 0 Å². The van der Waals surface area contributed by atoms with Gasteiger partial charge in [-0.1, -0.05) is 28.9 Å². The van der Waals surface area contributed by atoms with Crippen LogP contribution in [0.1, 0.15) is 29.7 Å². The normalized spacial score (nSPS) is 12.0. The van der Waals surface area contributed by atoms with Crippen molar-refractivity contribution in [1.29, 1.82) is 0 Å². The number of hydrogen-bond acceptors (Lipinski definition) is 5. The maximum absolute atomic E-state index is 13.1. The van der Waals surface area contributed by atoms with E-state index in [-0.39, 0.29) is 24.6 Å². The van der Waals surface area contributed by atoms with Crippen LogP contribution in [0.4, 0.5) is 4.39 Å². The first kappa shape index (κ1) is 20.7. The van der Waals surface area contributed by atoms with Crippen LogP contribution >= 0.6 is 11.6 Å². The Morgan fingerprint density at radius 1 is 1.19 bits per heavy atom. The topological polar surface area (TPSA) is 85.8 Å². The molecule has 2 aromatic heterocycles. The van der Waals surface area contributed by atoms with Gasteiger partial charge in [0.15, 0.2) is 0 Å². The van der Waals surface area contributed by atoms with Gasteiger partial charge in [0.2, 0.25) is 17.6 Å². The molecule has 158 valence electrons. The molecule has 0 radical (unpaired) electrons. The maximum Gasteiger partial charge on any atom is 0.227 e. The summed E-state index contributed by atoms with van der Waals surface area (Å²) in [5.74, 6) is 0.848. The number of carbonyl (C=O) groups is 1. The van der Waals surface area contributed by atoms with Crippen molar-refractivity contribution in [3.8, 4) is 11.4 Å². The molecule has 0 aliphatic carbocycles. The third-order valence-electron chi connectivity index (χ3n) is 4.76. The summed E-state index contributed by atoms with van der Waals surface area (Å²) in [7, 11) is 1.87. The molecule has 4 aromatic rings. The Morgan fingerprint density at radius 2 is 1.94 bits per heavy atom. The van der Waals surface area contributed by atoms with E-state index in [0.29, 0.717) is 28.1 Å². The average molecular weight is 440 g/mol. The van der Waals surface area contributed by atoms with Gasteiger partial charge in [-0.25, -0.2) is 9.37 Å². The molecule has 0 aliphatic rings. The molecule has 2 heterocycles. The fourth-order valence-corrected chi connectivity index (χ4v) is 3.26. The van der Waals surface area contributed by atoms with E-state index in [1.807, 2.05) is 29.9 Å². The summed E-state index contributed by atoms with van der Waals surface area (Å²) in [4.78, 5) is 21.3. The summed E-state index contributed by atoms with van der Waals surface area (Å²) < 4.78 is 20.2. The molecule has 0 spiro atoms. The quantitative estimate of drug-likeness (QED) is 0.468. The zero-order chi connectivity index (χ0) is 21.8. The molecule has 0 bridgehead atoms. The molecule has 4 rings (SSSR count). The van der Waals surface area contributed by atoms with Gasteiger partial charge in [-0.2, -0.15) is 4.98 Å². The number of aryl methyl sites for hydroxylation is 2. The molecule has 0 aliphatic heterocycles. The molecular formula is C22H19ClFN5O2. The van der Waals surface area contributed by atoms with Gasteiger partial charge < -0.3 is 14.4 Å². The summed E-state index contributed by atoms with van der Waals surface area (Å²) in [6, 6.07) is 12.6. The molecule has 31 heavy (non-hydrogen) atoms. The Balaban J connectivity index is 1.43. The Labute approximate surface area is 182 Å². The molecule has 1 amide bonds. The van der Waals surface area contributed by atoms with Crippen molar-refractivity contribution in [3.05, 3.63) is 89.0 Å². The van der Waals surface area contributed by atoms with Crippen LogP contribution in [0.25, 0.3) is 11.4 Å². The molecule has 7 nitrogen and oxygen atoms in total. The largest absolute Gasteiger partial charge is 0.342 e. The number of nitrogens with one attached hydrogen (secondary N) is 1. The maximum atomic E-state index is 13.1. The third kappa shape index (κ3) is 4.97. The van der Waals surface area contributed by atoms with Crippen LogP contribution in [0.3, 0.4) is 0 Å². The van der Waals surface area contributed by atoms with Crippen molar-refractivity contribution in [2.24, 2.45) is 7.05 Å². The fraction of sp³-hybridized carbons (Fsp3) is 0.182. The highest BCUT2D eigenvalue weighted by Crippen LogP contribution is 2.23. The van der Waals surface area contributed by atoms with Crippen molar-refractivity contribution in [2.45, 2.75) is 18.9 Å². The smallest absolute Gasteiger partial charge is 0.227 e. The minimum Gasteiger partial charge on any atom is -0.342 e. The minimum atomic E-state index is -0.428. The number of halogens is 2. The summed E-state index contributed by atoms with van der Waals surface area (Å²) in [6.07, 6.45) is 3.92. The molecule has 0 saturated heterocycles. The van der Waals surface area contributed by atoms with E-state index in [0.717, 1.165) is 5.56 Å². The number of rotatable bonds is 7. The van der Waals surface area contributed by atoms with E-state index in [1.165, 1.54) is 12.1 Å². The van der Waals surface area contributed by atoms with Gasteiger partial charge in [-0.05, 0) is 42.0 Å². The highest BCUT2D eigenvalue weighted by molar-refractivity contribution is 6.30. The number of hydrogen-bond donors (Lipinski definition) is 1. The molecule has 2 aromatic carbocycles. The number of amides is 1. The lowest BCUT2D eigenvalue weighted by molar-refractivity contribution is -0.121. The predicted molar refractivity (Wildman–Crippen MR) is 113 cm³/mol. The standard InChI is InChI=1S/C22H19ClFN5O2/c1-29-13-12-25-22(29)20(14-2-6-16(23)7-3-14)26-18(30)10-11-19-27-21(28-31-19)15-4-8-17(24)9-5-15/h2-9,12-13,20H,10-11H2,1H3,(H,26,30)/t20-/m1/s1. The van der Waals surface area contributed by atoms with Crippen molar-refractivity contribution in [1.82, 2.24) is 25.0 Å². The second-order valence-corrected chi connectivity index (χ2v) is 7.40. The summed E-state index contributed by atoms with van der Waals surface area (Å²) in [5.41, 5.74) is 1.50. The Kier molecular flexibility index (Phi) is 6.08. The van der Waals surface area contributed by atoms with E-state index in [9.17, 15) is 9.18 Å². The van der Waals surface area contributed by atoms with Crippen LogP contribution in [-0.2, 0) is 18.3 Å². The van der Waals surface area contributed by atoms with E-state index in [1.54, 1.807) is 30.5 Å². The van der Waals surface area contributed by atoms with Gasteiger partial charge in [0.05, 0.1) is 0 Å². The Bertz CT molecular complexity index is 1170. The molecule has 0 unspecified atom stereocenters. The van der Waals surface area contributed by atoms with Gasteiger partial charge in [0.1, 0.15) is 17.7 Å². The molecule has 0 saturated carbocycles. The van der Waals surface area contributed by atoms with Crippen LogP contribution in [0.15, 0.2) is 65.4 Å². The first-order valence-electron chi connectivity index (χ1n) is 9.60. The number of benzene rings is 2. The van der Waals surface area contributed by atoms with Gasteiger partial charge in [-0.15, -0.1) is 0 Å². The minimum absolute atomic E-state index is 0.152. The Morgan fingerprint density at radius 3 is 2.61 bits per heavy atom. The van der Waals surface area contributed by atoms with E-state index in [2.05, 4.69) is 20.4 Å². The number of carbonyl (C=O) groups excluding carboxylic acids is 1. The zero-order valence-electron chi connectivity index (χ0n) is 16.6. The van der Waals surface area contributed by atoms with E-state index >= 15 is 0 Å². The van der Waals surface area contributed by atoms with Crippen LogP contribution < -0.4 is 5.32 Å². The first-order chi connectivity index (χ1) is 15.0. The monoisotopic (exact) mass is 439 g/mol. The van der Waals surface area contributed by atoms with Crippen molar-refractivity contribution >= 4 is 17.5 Å². The summed E-state index contributed by atoms with van der Waals surface area (Å²) >= 11 is 6.00. The third-order valence-corrected chi connectivity index (χ3v) is 5.01. The van der Waals surface area contributed by atoms with Crippen molar-refractivity contribution < 1.29 is 13.7 Å². The lowest BCUT2D eigenvalue weighted by Crippen LogP contribution is -2.31. The number of imidazole rings is 1. The van der Waals surface area contributed by atoms with Gasteiger partial charge in [0, 0.05) is 42.9 Å². The van der Waals surface area contributed by atoms with Crippen molar-refractivity contribution in [3.63, 3.8) is 0 Å². The molecule has 1 atom stereocenters. The molecule has 9 heteroatoms. The molecule has 1 N–H and O–H groups in total. The van der Waals surface area contributed by atoms with E-state index < -0.39 is 6.04 Å². The van der Waals surface area contributed by atoms with E-state index in [4.69, 9.17) is 16.1 Å². The number of aromatic nitrogens is 4. The summed E-state index contributed by atoms with van der Waals surface area (Å²) in [6.45, 7) is 0. The van der Waals surface area contributed by atoms with Gasteiger partial charge in [-0.3, -0.25) is 4.79 Å². The van der Waals surface area contributed by atoms with Crippen LogP contribution in [0, 0.1) is 5.82 Å². The van der Waals surface area contributed by atoms with Crippen LogP contribution in [-0.4, -0.2) is 25.6 Å². The lowest BCUT2D eigenvalue weighted by Gasteiger charge is -2.19. The van der Waals surface area contributed by atoms with Crippen LogP contribution in [0.5, 0.6) is 0 Å². The highest BCUT2D eigenvalue weighted by Gasteiger charge is 2.21. The fourth-order valence-electron chi connectivity index (χ4n) is 3.13. The second kappa shape index (κ2) is 9.09. The predicted octanol–water partition coefficient (Wildman–Crippen LogP) is 4.10. The van der Waals surface area contributed by atoms with Crippen molar-refractivity contribution in [2.75, 3.05) is 0 Å².